The number of carbonyl (C=O) groups excluding carboxylic acids is 1. The second kappa shape index (κ2) is 5.31. The number of hydrogen-bond acceptors (Lipinski definition) is 7. The number of nitrogens with zero attached hydrogens (tertiary/aromatic N) is 3. The SMILES string of the molecule is CC(S)C1CN(N=Cc2ccc([N+](=O)[O-])o2)C(=O)O1. The highest BCUT2D eigenvalue weighted by Crippen LogP contribution is 2.18. The summed E-state index contributed by atoms with van der Waals surface area (Å²) in [5.41, 5.74) is 0. The zero-order valence-corrected chi connectivity index (χ0v) is 10.8. The monoisotopic (exact) mass is 285 g/mol. The molecule has 2 heterocycles. The first kappa shape index (κ1) is 13.4. The molecule has 0 saturated carbocycles. The Morgan fingerprint density at radius 2 is 2.42 bits per heavy atom. The zero-order chi connectivity index (χ0) is 14.0. The van der Waals surface area contributed by atoms with Crippen LogP contribution < -0.4 is 0 Å². The molecule has 0 bridgehead atoms. The van der Waals surface area contributed by atoms with Gasteiger partial charge in [-0.15, -0.1) is 0 Å². The van der Waals surface area contributed by atoms with Gasteiger partial charge < -0.3 is 9.15 Å². The summed E-state index contributed by atoms with van der Waals surface area (Å²) in [6.45, 7) is 2.09. The van der Waals surface area contributed by atoms with E-state index in [0.717, 1.165) is 5.01 Å². The maximum absolute atomic E-state index is 11.4. The Morgan fingerprint density at radius 3 is 2.95 bits per heavy atom. The Balaban J connectivity index is 2.02. The highest BCUT2D eigenvalue weighted by Gasteiger charge is 2.33. The topological polar surface area (TPSA) is 98.2 Å². The van der Waals surface area contributed by atoms with E-state index >= 15 is 0 Å². The summed E-state index contributed by atoms with van der Waals surface area (Å²) in [7, 11) is 0. The third-order valence-electron chi connectivity index (χ3n) is 2.47. The lowest BCUT2D eigenvalue weighted by Gasteiger charge is -2.09. The standard InChI is InChI=1S/C10H11N3O5S/c1-6(19)8-5-12(10(14)18-8)11-4-7-2-3-9(17-7)13(15)16/h2-4,6,8,19H,5H2,1H3. The molecule has 2 rings (SSSR count). The van der Waals surface area contributed by atoms with Crippen molar-refractivity contribution in [2.45, 2.75) is 18.3 Å². The first-order valence-electron chi connectivity index (χ1n) is 5.42. The van der Waals surface area contributed by atoms with Crippen LogP contribution in [-0.2, 0) is 4.74 Å². The van der Waals surface area contributed by atoms with Gasteiger partial charge in [-0.05, 0) is 13.0 Å². The number of furan rings is 1. The van der Waals surface area contributed by atoms with Gasteiger partial charge in [0.15, 0.2) is 5.76 Å². The summed E-state index contributed by atoms with van der Waals surface area (Å²) >= 11 is 4.19. The summed E-state index contributed by atoms with van der Waals surface area (Å²) < 4.78 is 9.90. The molecule has 1 aliphatic heterocycles. The van der Waals surface area contributed by atoms with Crippen molar-refractivity contribution in [3.63, 3.8) is 0 Å². The molecule has 1 aromatic heterocycles. The molecule has 0 spiro atoms. The summed E-state index contributed by atoms with van der Waals surface area (Å²) in [4.78, 5) is 21.2. The molecule has 0 aromatic carbocycles. The quantitative estimate of drug-likeness (QED) is 0.392. The molecule has 1 aromatic rings. The van der Waals surface area contributed by atoms with Gasteiger partial charge in [0.05, 0.1) is 18.8 Å². The normalized spacial score (nSPS) is 20.8. The molecular formula is C10H11N3O5S. The van der Waals surface area contributed by atoms with Crippen molar-refractivity contribution in [3.8, 4) is 0 Å². The number of amides is 1. The summed E-state index contributed by atoms with van der Waals surface area (Å²) in [6.07, 6.45) is 0.307. The van der Waals surface area contributed by atoms with E-state index in [1.165, 1.54) is 18.3 Å². The molecule has 102 valence electrons. The molecule has 1 fully saturated rings. The number of carbonyl (C=O) groups is 1. The van der Waals surface area contributed by atoms with Crippen LogP contribution in [0.4, 0.5) is 10.7 Å². The first-order chi connectivity index (χ1) is 8.97. The Kier molecular flexibility index (Phi) is 3.74. The van der Waals surface area contributed by atoms with Crippen molar-refractivity contribution in [1.29, 1.82) is 0 Å². The Morgan fingerprint density at radius 1 is 1.68 bits per heavy atom. The van der Waals surface area contributed by atoms with Crippen LogP contribution in [-0.4, -0.2) is 40.1 Å². The molecule has 2 unspecified atom stereocenters. The lowest BCUT2D eigenvalue weighted by atomic mass is 10.3. The van der Waals surface area contributed by atoms with Crippen LogP contribution in [0, 0.1) is 10.1 Å². The van der Waals surface area contributed by atoms with E-state index in [1.54, 1.807) is 0 Å². The first-order valence-corrected chi connectivity index (χ1v) is 5.93. The van der Waals surface area contributed by atoms with Crippen molar-refractivity contribution < 1.29 is 18.9 Å². The lowest BCUT2D eigenvalue weighted by molar-refractivity contribution is -0.402. The number of thiol groups is 1. The summed E-state index contributed by atoms with van der Waals surface area (Å²) in [5.74, 6) is -0.200. The average molecular weight is 285 g/mol. The van der Waals surface area contributed by atoms with Crippen LogP contribution in [0.2, 0.25) is 0 Å². The van der Waals surface area contributed by atoms with Crippen LogP contribution >= 0.6 is 12.6 Å². The van der Waals surface area contributed by atoms with E-state index in [0.29, 0.717) is 0 Å². The van der Waals surface area contributed by atoms with Crippen LogP contribution in [0.1, 0.15) is 12.7 Å². The Hall–Kier alpha value is -2.03. The fourth-order valence-electron chi connectivity index (χ4n) is 1.45. The highest BCUT2D eigenvalue weighted by molar-refractivity contribution is 7.81. The number of hydrazone groups is 1. The maximum Gasteiger partial charge on any atom is 0.433 e. The molecule has 1 aliphatic rings. The van der Waals surface area contributed by atoms with Crippen LogP contribution in [0.25, 0.3) is 0 Å². The van der Waals surface area contributed by atoms with Gasteiger partial charge >= 0.3 is 12.0 Å². The van der Waals surface area contributed by atoms with Gasteiger partial charge in [-0.1, -0.05) is 0 Å². The van der Waals surface area contributed by atoms with Gasteiger partial charge in [-0.3, -0.25) is 10.1 Å². The third kappa shape index (κ3) is 3.05. The van der Waals surface area contributed by atoms with E-state index in [9.17, 15) is 14.9 Å². The lowest BCUT2D eigenvalue weighted by Crippen LogP contribution is -2.23. The molecule has 2 atom stereocenters. The summed E-state index contributed by atoms with van der Waals surface area (Å²) in [6, 6.07) is 2.60. The zero-order valence-electron chi connectivity index (χ0n) is 9.92. The molecular weight excluding hydrogens is 274 g/mol. The van der Waals surface area contributed by atoms with Gasteiger partial charge in [-0.2, -0.15) is 22.7 Å². The third-order valence-corrected chi connectivity index (χ3v) is 2.80. The van der Waals surface area contributed by atoms with Crippen molar-refractivity contribution >= 4 is 30.8 Å². The smallest absolute Gasteiger partial charge is 0.433 e. The number of ether oxygens (including phenoxy) is 1. The number of hydrogen-bond donors (Lipinski definition) is 1. The Labute approximate surface area is 113 Å². The molecule has 0 radical (unpaired) electrons. The Bertz CT molecular complexity index is 527. The predicted molar refractivity (Wildman–Crippen MR) is 68.4 cm³/mol. The minimum atomic E-state index is -0.653. The van der Waals surface area contributed by atoms with Crippen molar-refractivity contribution in [3.05, 3.63) is 28.0 Å². The molecule has 0 aliphatic carbocycles. The number of rotatable bonds is 4. The highest BCUT2D eigenvalue weighted by atomic mass is 32.1. The van der Waals surface area contributed by atoms with E-state index < -0.39 is 11.0 Å². The van der Waals surface area contributed by atoms with Gasteiger partial charge in [0, 0.05) is 5.25 Å². The second-order valence-electron chi connectivity index (χ2n) is 3.92. The van der Waals surface area contributed by atoms with E-state index in [1.807, 2.05) is 6.92 Å². The van der Waals surface area contributed by atoms with Crippen molar-refractivity contribution in [2.75, 3.05) is 6.54 Å². The van der Waals surface area contributed by atoms with Gasteiger partial charge in [0.25, 0.3) is 0 Å². The number of cyclic esters (lactones) is 1. The van der Waals surface area contributed by atoms with Gasteiger partial charge in [0.2, 0.25) is 0 Å². The van der Waals surface area contributed by atoms with Gasteiger partial charge in [-0.25, -0.2) is 4.79 Å². The molecule has 19 heavy (non-hydrogen) atoms. The van der Waals surface area contributed by atoms with E-state index in [2.05, 4.69) is 17.7 Å². The fraction of sp³-hybridized carbons (Fsp3) is 0.400. The molecule has 1 saturated heterocycles. The minimum Gasteiger partial charge on any atom is -0.442 e. The molecule has 1 amide bonds. The second-order valence-corrected chi connectivity index (χ2v) is 4.74. The van der Waals surface area contributed by atoms with Crippen LogP contribution in [0.3, 0.4) is 0 Å². The minimum absolute atomic E-state index is 0.103. The van der Waals surface area contributed by atoms with Gasteiger partial charge in [0.1, 0.15) is 11.0 Å². The fourth-order valence-corrected chi connectivity index (χ4v) is 1.61. The predicted octanol–water partition coefficient (Wildman–Crippen LogP) is 1.66. The van der Waals surface area contributed by atoms with Crippen LogP contribution in [0.5, 0.6) is 0 Å². The maximum atomic E-state index is 11.4. The van der Waals surface area contributed by atoms with Crippen molar-refractivity contribution in [1.82, 2.24) is 5.01 Å². The molecule has 0 N–H and O–H groups in total. The van der Waals surface area contributed by atoms with Crippen LogP contribution in [0.15, 0.2) is 21.7 Å². The average Bonchev–Trinajstić information content (AvgIpc) is 2.93. The van der Waals surface area contributed by atoms with E-state index in [4.69, 9.17) is 9.15 Å². The number of nitro groups is 1. The largest absolute Gasteiger partial charge is 0.442 e. The molecule has 8 nitrogen and oxygen atoms in total. The summed E-state index contributed by atoms with van der Waals surface area (Å²) in [5, 5.41) is 15.3. The van der Waals surface area contributed by atoms with E-state index in [-0.39, 0.29) is 29.5 Å². The van der Waals surface area contributed by atoms with Crippen molar-refractivity contribution in [2.24, 2.45) is 5.10 Å². The molecule has 9 heteroatoms.